The van der Waals surface area contributed by atoms with Crippen LogP contribution in [0.25, 0.3) is 0 Å². The lowest BCUT2D eigenvalue weighted by Gasteiger charge is -2.26. The van der Waals surface area contributed by atoms with Crippen molar-refractivity contribution in [3.8, 4) is 0 Å². The molecule has 7 heteroatoms. The van der Waals surface area contributed by atoms with Crippen LogP contribution in [0.1, 0.15) is 30.2 Å². The molecule has 0 aromatic carbocycles. The second-order valence-corrected chi connectivity index (χ2v) is 5.91. The van der Waals surface area contributed by atoms with Crippen LogP contribution in [0.15, 0.2) is 17.5 Å². The molecule has 1 aliphatic rings. The third kappa shape index (κ3) is 6.53. The molecular weight excluding hydrogens is 329 g/mol. The highest BCUT2D eigenvalue weighted by atomic mass is 35.5. The number of nitrogens with one attached hydrogen (secondary N) is 2. The SMILES string of the molecule is CNCCC(=O)NCC(c1cccs1)N1CCCC1.Cl.Cl. The van der Waals surface area contributed by atoms with Crippen LogP contribution in [0.4, 0.5) is 0 Å². The Morgan fingerprint density at radius 1 is 1.38 bits per heavy atom. The number of carbonyl (C=O) groups excluding carboxylic acids is 1. The van der Waals surface area contributed by atoms with Gasteiger partial charge in [0.25, 0.3) is 0 Å². The molecular formula is C14H25Cl2N3OS. The molecule has 1 aromatic heterocycles. The second kappa shape index (κ2) is 11.3. The standard InChI is InChI=1S/C14H23N3OS.2ClH/c1-15-7-6-14(18)16-11-12(13-5-4-10-19-13)17-8-2-3-9-17;;/h4-5,10,12,15H,2-3,6-9,11H2,1H3,(H,16,18);2*1H. The number of amides is 1. The van der Waals surface area contributed by atoms with Crippen molar-refractivity contribution < 1.29 is 4.79 Å². The summed E-state index contributed by atoms with van der Waals surface area (Å²) < 4.78 is 0. The van der Waals surface area contributed by atoms with Gasteiger partial charge < -0.3 is 10.6 Å². The molecule has 2 heterocycles. The lowest BCUT2D eigenvalue weighted by Crippen LogP contribution is -2.37. The van der Waals surface area contributed by atoms with Gasteiger partial charge in [0, 0.05) is 24.4 Å². The van der Waals surface area contributed by atoms with Gasteiger partial charge in [-0.25, -0.2) is 0 Å². The lowest BCUT2D eigenvalue weighted by atomic mass is 10.2. The zero-order valence-corrected chi connectivity index (χ0v) is 14.8. The highest BCUT2D eigenvalue weighted by Crippen LogP contribution is 2.27. The number of rotatable bonds is 7. The van der Waals surface area contributed by atoms with E-state index in [0.29, 0.717) is 12.5 Å². The highest BCUT2D eigenvalue weighted by Gasteiger charge is 2.24. The third-order valence-electron chi connectivity index (χ3n) is 3.55. The molecule has 0 aliphatic carbocycles. The van der Waals surface area contributed by atoms with E-state index in [2.05, 4.69) is 33.0 Å². The molecule has 1 aromatic rings. The molecule has 1 fully saturated rings. The average molecular weight is 354 g/mol. The van der Waals surface area contributed by atoms with Crippen molar-refractivity contribution in [1.29, 1.82) is 0 Å². The predicted octanol–water partition coefficient (Wildman–Crippen LogP) is 2.45. The van der Waals surface area contributed by atoms with E-state index >= 15 is 0 Å². The van der Waals surface area contributed by atoms with E-state index in [9.17, 15) is 4.79 Å². The first-order valence-corrected chi connectivity index (χ1v) is 7.88. The van der Waals surface area contributed by atoms with Crippen molar-refractivity contribution in [3.05, 3.63) is 22.4 Å². The number of thiophene rings is 1. The summed E-state index contributed by atoms with van der Waals surface area (Å²) in [5.41, 5.74) is 0. The molecule has 0 saturated carbocycles. The van der Waals surface area contributed by atoms with Gasteiger partial charge in [-0.05, 0) is 44.4 Å². The molecule has 1 saturated heterocycles. The Labute approximate surface area is 143 Å². The smallest absolute Gasteiger partial charge is 0.221 e. The minimum absolute atomic E-state index is 0. The zero-order chi connectivity index (χ0) is 13.5. The van der Waals surface area contributed by atoms with E-state index in [1.165, 1.54) is 17.7 Å². The molecule has 1 aliphatic heterocycles. The molecule has 2 N–H and O–H groups in total. The highest BCUT2D eigenvalue weighted by molar-refractivity contribution is 7.10. The maximum Gasteiger partial charge on any atom is 0.221 e. The van der Waals surface area contributed by atoms with Crippen LogP contribution in [-0.4, -0.2) is 44.0 Å². The number of hydrogen-bond acceptors (Lipinski definition) is 4. The minimum atomic E-state index is 0. The summed E-state index contributed by atoms with van der Waals surface area (Å²) in [6.07, 6.45) is 3.10. The largest absolute Gasteiger partial charge is 0.354 e. The second-order valence-electron chi connectivity index (χ2n) is 4.93. The topological polar surface area (TPSA) is 44.4 Å². The Bertz CT molecular complexity index is 384. The van der Waals surface area contributed by atoms with Gasteiger partial charge in [0.2, 0.25) is 5.91 Å². The normalized spacial score (nSPS) is 15.9. The minimum Gasteiger partial charge on any atom is -0.354 e. The maximum absolute atomic E-state index is 11.7. The van der Waals surface area contributed by atoms with Gasteiger partial charge in [0.1, 0.15) is 0 Å². The Hall–Kier alpha value is -0.330. The molecule has 1 atom stereocenters. The molecule has 0 spiro atoms. The predicted molar refractivity (Wildman–Crippen MR) is 93.9 cm³/mol. The van der Waals surface area contributed by atoms with Crippen LogP contribution < -0.4 is 10.6 Å². The van der Waals surface area contributed by atoms with E-state index in [1.54, 1.807) is 11.3 Å². The van der Waals surface area contributed by atoms with E-state index in [-0.39, 0.29) is 30.7 Å². The summed E-state index contributed by atoms with van der Waals surface area (Å²) in [4.78, 5) is 15.6. The molecule has 122 valence electrons. The van der Waals surface area contributed by atoms with Gasteiger partial charge in [-0.2, -0.15) is 0 Å². The molecule has 21 heavy (non-hydrogen) atoms. The maximum atomic E-state index is 11.7. The monoisotopic (exact) mass is 353 g/mol. The van der Waals surface area contributed by atoms with Crippen molar-refractivity contribution in [2.45, 2.75) is 25.3 Å². The molecule has 2 rings (SSSR count). The van der Waals surface area contributed by atoms with E-state index in [4.69, 9.17) is 0 Å². The number of halogens is 2. The van der Waals surface area contributed by atoms with Crippen LogP contribution in [0.2, 0.25) is 0 Å². The van der Waals surface area contributed by atoms with Gasteiger partial charge in [0.05, 0.1) is 6.04 Å². The quantitative estimate of drug-likeness (QED) is 0.791. The first kappa shape index (κ1) is 20.7. The van der Waals surface area contributed by atoms with Crippen molar-refractivity contribution in [2.75, 3.05) is 33.2 Å². The van der Waals surface area contributed by atoms with Gasteiger partial charge in [-0.15, -0.1) is 36.2 Å². The summed E-state index contributed by atoms with van der Waals surface area (Å²) >= 11 is 1.78. The Morgan fingerprint density at radius 2 is 2.10 bits per heavy atom. The molecule has 0 radical (unpaired) electrons. The van der Waals surface area contributed by atoms with Crippen molar-refractivity contribution in [2.24, 2.45) is 0 Å². The van der Waals surface area contributed by atoms with Crippen molar-refractivity contribution >= 4 is 42.1 Å². The third-order valence-corrected chi connectivity index (χ3v) is 4.52. The van der Waals surface area contributed by atoms with E-state index in [0.717, 1.165) is 26.2 Å². The van der Waals surface area contributed by atoms with E-state index < -0.39 is 0 Å². The average Bonchev–Trinajstić information content (AvgIpc) is 3.09. The molecule has 1 unspecified atom stereocenters. The van der Waals surface area contributed by atoms with Crippen LogP contribution in [-0.2, 0) is 4.79 Å². The van der Waals surface area contributed by atoms with Crippen LogP contribution >= 0.6 is 36.2 Å². The van der Waals surface area contributed by atoms with Crippen molar-refractivity contribution in [1.82, 2.24) is 15.5 Å². The summed E-state index contributed by atoms with van der Waals surface area (Å²) in [5, 5.41) is 8.18. The van der Waals surface area contributed by atoms with Crippen LogP contribution in [0.3, 0.4) is 0 Å². The fourth-order valence-electron chi connectivity index (χ4n) is 2.48. The fraction of sp³-hybridized carbons (Fsp3) is 0.643. The van der Waals surface area contributed by atoms with Crippen LogP contribution in [0, 0.1) is 0 Å². The van der Waals surface area contributed by atoms with Gasteiger partial charge in [-0.3, -0.25) is 9.69 Å². The van der Waals surface area contributed by atoms with Crippen molar-refractivity contribution in [3.63, 3.8) is 0 Å². The Kier molecular flexibility index (Phi) is 11.1. The number of carbonyl (C=O) groups is 1. The summed E-state index contributed by atoms with van der Waals surface area (Å²) in [7, 11) is 1.87. The van der Waals surface area contributed by atoms with Gasteiger partial charge in [0.15, 0.2) is 0 Å². The first-order chi connectivity index (χ1) is 9.31. The molecule has 0 bridgehead atoms. The number of nitrogens with zero attached hydrogens (tertiary/aromatic N) is 1. The Morgan fingerprint density at radius 3 is 2.67 bits per heavy atom. The zero-order valence-electron chi connectivity index (χ0n) is 12.3. The van der Waals surface area contributed by atoms with Gasteiger partial charge in [-0.1, -0.05) is 6.07 Å². The Balaban J connectivity index is 0.00000200. The molecule has 1 amide bonds. The van der Waals surface area contributed by atoms with Gasteiger partial charge >= 0.3 is 0 Å². The fourth-order valence-corrected chi connectivity index (χ4v) is 3.34. The number of likely N-dealkylation sites (tertiary alicyclic amines) is 1. The molecule has 4 nitrogen and oxygen atoms in total. The van der Waals surface area contributed by atoms with Crippen LogP contribution in [0.5, 0.6) is 0 Å². The summed E-state index contributed by atoms with van der Waals surface area (Å²) in [6, 6.07) is 4.61. The van der Waals surface area contributed by atoms with E-state index in [1.807, 2.05) is 7.05 Å². The number of hydrogen-bond donors (Lipinski definition) is 2. The summed E-state index contributed by atoms with van der Waals surface area (Å²) in [6.45, 7) is 3.76. The lowest BCUT2D eigenvalue weighted by molar-refractivity contribution is -0.121. The first-order valence-electron chi connectivity index (χ1n) is 7.00. The summed E-state index contributed by atoms with van der Waals surface area (Å²) in [5.74, 6) is 0.134.